The lowest BCUT2D eigenvalue weighted by atomic mass is 9.95. The minimum absolute atomic E-state index is 0.0487. The zero-order valence-corrected chi connectivity index (χ0v) is 28.9. The highest BCUT2D eigenvalue weighted by Crippen LogP contribution is 2.38. The van der Waals surface area contributed by atoms with Gasteiger partial charge in [0.1, 0.15) is 12.2 Å². The van der Waals surface area contributed by atoms with Crippen LogP contribution in [0, 0.1) is 0 Å². The van der Waals surface area contributed by atoms with Crippen LogP contribution in [0.25, 0.3) is 22.0 Å². The number of hydrogen-bond acceptors (Lipinski definition) is 6. The van der Waals surface area contributed by atoms with E-state index < -0.39 is 19.6 Å². The highest BCUT2D eigenvalue weighted by molar-refractivity contribution is 7.51. The number of aromatic nitrogens is 2. The van der Waals surface area contributed by atoms with Crippen molar-refractivity contribution in [2.24, 2.45) is 0 Å². The number of unbranched alkanes of at least 4 members (excludes halogenated alkanes) is 13. The molecule has 0 aliphatic heterocycles. The summed E-state index contributed by atoms with van der Waals surface area (Å²) in [5.41, 5.74) is 7.99. The van der Waals surface area contributed by atoms with Crippen LogP contribution in [0.4, 0.5) is 5.82 Å². The molecule has 1 atom stereocenters. The SMILES string of the molecule is CCCCCCCCCCCCCCCCOC(CC)c1c(N)nc(=O)n(CCOCP(=O)(O)O)c1-c1cccc2ccccc12. The summed E-state index contributed by atoms with van der Waals surface area (Å²) in [4.78, 5) is 35.8. The van der Waals surface area contributed by atoms with Gasteiger partial charge < -0.3 is 25.0 Å². The Hall–Kier alpha value is -2.55. The zero-order valence-electron chi connectivity index (χ0n) is 28.0. The number of ether oxygens (including phenoxy) is 2. The molecule has 1 unspecified atom stereocenters. The summed E-state index contributed by atoms with van der Waals surface area (Å²) in [6.07, 6.45) is 17.6. The molecule has 0 spiro atoms. The molecule has 256 valence electrons. The van der Waals surface area contributed by atoms with Crippen LogP contribution in [0.5, 0.6) is 0 Å². The molecule has 4 N–H and O–H groups in total. The maximum Gasteiger partial charge on any atom is 0.350 e. The Morgan fingerprint density at radius 1 is 0.826 bits per heavy atom. The molecule has 0 bridgehead atoms. The molecule has 1 heterocycles. The van der Waals surface area contributed by atoms with E-state index in [1.807, 2.05) is 49.4 Å². The van der Waals surface area contributed by atoms with Gasteiger partial charge in [0, 0.05) is 17.7 Å². The molecule has 10 heteroatoms. The number of rotatable bonds is 24. The maximum absolute atomic E-state index is 13.3. The van der Waals surface area contributed by atoms with E-state index >= 15 is 0 Å². The van der Waals surface area contributed by atoms with Gasteiger partial charge in [0.15, 0.2) is 0 Å². The Bertz CT molecular complexity index is 1420. The number of hydrogen-bond donors (Lipinski definition) is 3. The minimum Gasteiger partial charge on any atom is -0.383 e. The fourth-order valence-electron chi connectivity index (χ4n) is 6.10. The van der Waals surface area contributed by atoms with Gasteiger partial charge in [0.2, 0.25) is 0 Å². The molecule has 0 amide bonds. The largest absolute Gasteiger partial charge is 0.383 e. The molecular formula is C36H56N3O6P. The Labute approximate surface area is 275 Å². The second-order valence-electron chi connectivity index (χ2n) is 12.3. The van der Waals surface area contributed by atoms with Gasteiger partial charge in [-0.25, -0.2) is 4.79 Å². The average molecular weight is 658 g/mol. The summed E-state index contributed by atoms with van der Waals surface area (Å²) in [5, 5.41) is 1.96. The van der Waals surface area contributed by atoms with Crippen molar-refractivity contribution >= 4 is 24.2 Å². The third-order valence-corrected chi connectivity index (χ3v) is 9.04. The Morgan fingerprint density at radius 2 is 1.41 bits per heavy atom. The van der Waals surface area contributed by atoms with E-state index in [2.05, 4.69) is 11.9 Å². The Morgan fingerprint density at radius 3 is 2.02 bits per heavy atom. The highest BCUT2D eigenvalue weighted by atomic mass is 31.2. The van der Waals surface area contributed by atoms with E-state index in [0.29, 0.717) is 24.3 Å². The summed E-state index contributed by atoms with van der Waals surface area (Å²) in [7, 11) is -4.34. The summed E-state index contributed by atoms with van der Waals surface area (Å²) in [6, 6.07) is 13.8. The Balaban J connectivity index is 1.64. The molecule has 2 aromatic carbocycles. The van der Waals surface area contributed by atoms with Gasteiger partial charge in [-0.05, 0) is 23.6 Å². The van der Waals surface area contributed by atoms with Crippen molar-refractivity contribution in [1.82, 2.24) is 9.55 Å². The Kier molecular flexibility index (Phi) is 17.0. The van der Waals surface area contributed by atoms with Crippen molar-refractivity contribution in [3.63, 3.8) is 0 Å². The molecule has 46 heavy (non-hydrogen) atoms. The number of fused-ring (bicyclic) bond motifs is 1. The first-order chi connectivity index (χ1) is 22.3. The molecule has 0 radical (unpaired) electrons. The van der Waals surface area contributed by atoms with Gasteiger partial charge in [0.25, 0.3) is 0 Å². The van der Waals surface area contributed by atoms with E-state index in [4.69, 9.17) is 15.2 Å². The third kappa shape index (κ3) is 12.6. The number of nitrogens with zero attached hydrogens (tertiary/aromatic N) is 2. The first-order valence-electron chi connectivity index (χ1n) is 17.4. The number of benzene rings is 2. The van der Waals surface area contributed by atoms with Crippen molar-refractivity contribution in [3.05, 3.63) is 58.5 Å². The quantitative estimate of drug-likeness (QED) is 0.0642. The van der Waals surface area contributed by atoms with Crippen LogP contribution in [0.15, 0.2) is 47.3 Å². The maximum atomic E-state index is 13.3. The number of anilines is 1. The summed E-state index contributed by atoms with van der Waals surface area (Å²) < 4.78 is 24.5. The molecule has 0 aliphatic rings. The molecular weight excluding hydrogens is 601 g/mol. The standard InChI is InChI=1S/C36H56N3O6P/c1-3-5-6-7-8-9-10-11-12-13-14-15-16-19-26-45-32(4-2)33-34(31-24-20-22-29-21-17-18-23-30(29)31)39(36(40)38-35(33)37)25-27-44-28-46(41,42)43/h17-18,20-24,32H,3-16,19,25-28H2,1-2H3,(H2,37,38,40)(H2,41,42,43). The van der Waals surface area contributed by atoms with E-state index in [1.165, 1.54) is 81.6 Å². The normalized spacial score (nSPS) is 12.6. The van der Waals surface area contributed by atoms with Crippen molar-refractivity contribution in [2.75, 3.05) is 25.3 Å². The zero-order chi connectivity index (χ0) is 33.2. The first kappa shape index (κ1) is 37.9. The summed E-state index contributed by atoms with van der Waals surface area (Å²) in [5.74, 6) is 0.133. The van der Waals surface area contributed by atoms with Gasteiger partial charge >= 0.3 is 13.3 Å². The third-order valence-electron chi connectivity index (χ3n) is 8.52. The van der Waals surface area contributed by atoms with E-state index in [-0.39, 0.29) is 25.1 Å². The van der Waals surface area contributed by atoms with Gasteiger partial charge in [-0.1, -0.05) is 140 Å². The van der Waals surface area contributed by atoms with Crippen LogP contribution in [0.1, 0.15) is 122 Å². The van der Waals surface area contributed by atoms with Crippen LogP contribution in [0.2, 0.25) is 0 Å². The summed E-state index contributed by atoms with van der Waals surface area (Å²) >= 11 is 0. The van der Waals surface area contributed by atoms with Crippen molar-refractivity contribution in [1.29, 1.82) is 0 Å². The topological polar surface area (TPSA) is 137 Å². The van der Waals surface area contributed by atoms with Crippen LogP contribution in [0.3, 0.4) is 0 Å². The molecule has 0 aliphatic carbocycles. The fourth-order valence-corrected chi connectivity index (χ4v) is 6.47. The second-order valence-corrected chi connectivity index (χ2v) is 13.9. The predicted octanol–water partition coefficient (Wildman–Crippen LogP) is 8.75. The van der Waals surface area contributed by atoms with Gasteiger partial charge in [-0.3, -0.25) is 9.13 Å². The number of nitrogens with two attached hydrogens (primary N) is 1. The fraction of sp³-hybridized carbons (Fsp3) is 0.611. The van der Waals surface area contributed by atoms with E-state index in [1.54, 1.807) is 0 Å². The molecule has 3 aromatic rings. The van der Waals surface area contributed by atoms with Gasteiger partial charge in [0.05, 0.1) is 24.9 Å². The molecule has 0 saturated carbocycles. The lowest BCUT2D eigenvalue weighted by molar-refractivity contribution is 0.0474. The highest BCUT2D eigenvalue weighted by Gasteiger charge is 2.25. The molecule has 9 nitrogen and oxygen atoms in total. The van der Waals surface area contributed by atoms with Crippen LogP contribution < -0.4 is 11.4 Å². The average Bonchev–Trinajstić information content (AvgIpc) is 3.03. The van der Waals surface area contributed by atoms with Gasteiger partial charge in [-0.15, -0.1) is 0 Å². The van der Waals surface area contributed by atoms with Crippen molar-refractivity contribution in [3.8, 4) is 11.3 Å². The monoisotopic (exact) mass is 657 g/mol. The lowest BCUT2D eigenvalue weighted by Gasteiger charge is -2.25. The first-order valence-corrected chi connectivity index (χ1v) is 19.2. The van der Waals surface area contributed by atoms with Crippen LogP contribution in [-0.2, 0) is 20.6 Å². The second kappa shape index (κ2) is 20.6. The molecule has 0 saturated heterocycles. The van der Waals surface area contributed by atoms with Crippen LogP contribution >= 0.6 is 7.60 Å². The van der Waals surface area contributed by atoms with E-state index in [0.717, 1.165) is 29.2 Å². The smallest absolute Gasteiger partial charge is 0.350 e. The summed E-state index contributed by atoms with van der Waals surface area (Å²) in [6.45, 7) is 4.84. The predicted molar refractivity (Wildman–Crippen MR) is 188 cm³/mol. The number of nitrogen functional groups attached to an aromatic ring is 1. The molecule has 1 aromatic heterocycles. The molecule has 3 rings (SSSR count). The van der Waals surface area contributed by atoms with Crippen molar-refractivity contribution in [2.45, 2.75) is 123 Å². The molecule has 0 fully saturated rings. The lowest BCUT2D eigenvalue weighted by Crippen LogP contribution is -2.30. The van der Waals surface area contributed by atoms with Crippen molar-refractivity contribution < 1.29 is 23.8 Å². The minimum atomic E-state index is -4.34. The van der Waals surface area contributed by atoms with E-state index in [9.17, 15) is 19.1 Å². The van der Waals surface area contributed by atoms with Crippen LogP contribution in [-0.4, -0.2) is 38.9 Å². The van der Waals surface area contributed by atoms with Gasteiger partial charge in [-0.2, -0.15) is 4.98 Å².